The summed E-state index contributed by atoms with van der Waals surface area (Å²) in [6.45, 7) is 7.62. The van der Waals surface area contributed by atoms with E-state index in [0.29, 0.717) is 29.3 Å². The van der Waals surface area contributed by atoms with E-state index in [1.165, 1.54) is 0 Å². The first-order chi connectivity index (χ1) is 9.01. The van der Waals surface area contributed by atoms with E-state index < -0.39 is 0 Å². The van der Waals surface area contributed by atoms with Crippen LogP contribution in [0.15, 0.2) is 6.07 Å². The third-order valence-corrected chi connectivity index (χ3v) is 3.50. The molecular weight excluding hydrogens is 260 g/mol. The minimum atomic E-state index is 0.181. The number of rotatable bonds is 3. The second-order valence-corrected chi connectivity index (χ2v) is 5.36. The van der Waals surface area contributed by atoms with Gasteiger partial charge in [0.25, 0.3) is 0 Å². The molecule has 5 nitrogen and oxygen atoms in total. The van der Waals surface area contributed by atoms with E-state index in [9.17, 15) is 0 Å². The average Bonchev–Trinajstić information content (AvgIpc) is 2.37. The van der Waals surface area contributed by atoms with Crippen molar-refractivity contribution >= 4 is 23.2 Å². The Kier molecular flexibility index (Phi) is 4.31. The van der Waals surface area contributed by atoms with Crippen molar-refractivity contribution in [3.05, 3.63) is 17.5 Å². The predicted octanol–water partition coefficient (Wildman–Crippen LogP) is 1.42. The molecular formula is C13H20N4OS. The Morgan fingerprint density at radius 1 is 1.58 bits per heavy atom. The number of thiocarbonyl (C=S) groups is 1. The maximum Gasteiger partial charge on any atom is 0.226 e. The molecule has 0 spiro atoms. The van der Waals surface area contributed by atoms with Crippen LogP contribution in [0.3, 0.4) is 0 Å². The molecule has 1 fully saturated rings. The van der Waals surface area contributed by atoms with Crippen LogP contribution >= 0.6 is 12.2 Å². The Labute approximate surface area is 119 Å². The van der Waals surface area contributed by atoms with E-state index in [-0.39, 0.29) is 6.10 Å². The Morgan fingerprint density at radius 3 is 2.95 bits per heavy atom. The molecule has 1 aromatic rings. The summed E-state index contributed by atoms with van der Waals surface area (Å²) in [6, 6.07) is 2.12. The first-order valence-electron chi connectivity index (χ1n) is 6.55. The van der Waals surface area contributed by atoms with Gasteiger partial charge >= 0.3 is 0 Å². The highest BCUT2D eigenvalue weighted by Gasteiger charge is 2.27. The van der Waals surface area contributed by atoms with E-state index in [1.54, 1.807) is 0 Å². The summed E-state index contributed by atoms with van der Waals surface area (Å²) < 4.78 is 5.69. The molecule has 2 unspecified atom stereocenters. The quantitative estimate of drug-likeness (QED) is 0.845. The van der Waals surface area contributed by atoms with Gasteiger partial charge < -0.3 is 15.4 Å². The molecule has 0 radical (unpaired) electrons. The van der Waals surface area contributed by atoms with E-state index >= 15 is 0 Å². The first-order valence-corrected chi connectivity index (χ1v) is 6.95. The minimum Gasteiger partial charge on any atom is -0.388 e. The largest absolute Gasteiger partial charge is 0.388 e. The van der Waals surface area contributed by atoms with Crippen LogP contribution in [0.5, 0.6) is 0 Å². The fourth-order valence-corrected chi connectivity index (χ4v) is 2.34. The van der Waals surface area contributed by atoms with E-state index in [2.05, 4.69) is 28.7 Å². The molecule has 0 aliphatic carbocycles. The Hall–Kier alpha value is -1.27. The Morgan fingerprint density at radius 2 is 2.32 bits per heavy atom. The van der Waals surface area contributed by atoms with Crippen LogP contribution < -0.4 is 10.6 Å². The summed E-state index contributed by atoms with van der Waals surface area (Å²) >= 11 is 5.01. The van der Waals surface area contributed by atoms with Gasteiger partial charge in [0.2, 0.25) is 5.95 Å². The van der Waals surface area contributed by atoms with Gasteiger partial charge in [0.1, 0.15) is 10.7 Å². The van der Waals surface area contributed by atoms with Crippen LogP contribution in [-0.2, 0) is 4.74 Å². The fraction of sp³-hybridized carbons (Fsp3) is 0.615. The summed E-state index contributed by atoms with van der Waals surface area (Å²) in [5, 5.41) is 0. The van der Waals surface area contributed by atoms with Crippen molar-refractivity contribution in [1.29, 1.82) is 0 Å². The minimum absolute atomic E-state index is 0.181. The van der Waals surface area contributed by atoms with Gasteiger partial charge in [0.15, 0.2) is 0 Å². The van der Waals surface area contributed by atoms with Crippen molar-refractivity contribution in [1.82, 2.24) is 9.97 Å². The second kappa shape index (κ2) is 5.79. The van der Waals surface area contributed by atoms with Crippen LogP contribution in [0.25, 0.3) is 0 Å². The predicted molar refractivity (Wildman–Crippen MR) is 79.5 cm³/mol. The fourth-order valence-electron chi connectivity index (χ4n) is 2.23. The van der Waals surface area contributed by atoms with Gasteiger partial charge in [-0.05, 0) is 26.3 Å². The van der Waals surface area contributed by atoms with E-state index in [0.717, 1.165) is 18.7 Å². The molecule has 2 N–H and O–H groups in total. The van der Waals surface area contributed by atoms with Crippen molar-refractivity contribution < 1.29 is 4.74 Å². The summed E-state index contributed by atoms with van der Waals surface area (Å²) in [6.07, 6.45) is 1.17. The van der Waals surface area contributed by atoms with Crippen molar-refractivity contribution in [3.63, 3.8) is 0 Å². The molecule has 2 atom stereocenters. The zero-order valence-electron chi connectivity index (χ0n) is 11.6. The molecule has 2 heterocycles. The lowest BCUT2D eigenvalue weighted by molar-refractivity contribution is 0.0292. The van der Waals surface area contributed by atoms with Crippen LogP contribution in [0, 0.1) is 6.92 Å². The molecule has 19 heavy (non-hydrogen) atoms. The highest BCUT2D eigenvalue weighted by Crippen LogP contribution is 2.20. The molecule has 2 rings (SSSR count). The lowest BCUT2D eigenvalue weighted by atomic mass is 10.1. The van der Waals surface area contributed by atoms with Crippen molar-refractivity contribution in [2.45, 2.75) is 39.3 Å². The maximum atomic E-state index is 5.69. The molecule has 0 bridgehead atoms. The number of anilines is 1. The summed E-state index contributed by atoms with van der Waals surface area (Å²) in [5.41, 5.74) is 7.18. The van der Waals surface area contributed by atoms with Gasteiger partial charge in [-0.3, -0.25) is 0 Å². The zero-order valence-corrected chi connectivity index (χ0v) is 12.4. The van der Waals surface area contributed by atoms with E-state index in [4.69, 9.17) is 22.7 Å². The number of aromatic nitrogens is 2. The highest BCUT2D eigenvalue weighted by molar-refractivity contribution is 7.80. The van der Waals surface area contributed by atoms with Crippen LogP contribution in [0.1, 0.15) is 31.7 Å². The van der Waals surface area contributed by atoms with Gasteiger partial charge in [-0.2, -0.15) is 0 Å². The van der Waals surface area contributed by atoms with Crippen molar-refractivity contribution in [3.8, 4) is 0 Å². The number of hydrogen-bond acceptors (Lipinski definition) is 5. The Bertz CT molecular complexity index is 480. The lowest BCUT2D eigenvalue weighted by Crippen LogP contribution is -2.49. The monoisotopic (exact) mass is 280 g/mol. The normalized spacial score (nSPS) is 23.4. The van der Waals surface area contributed by atoms with Gasteiger partial charge in [0.05, 0.1) is 18.8 Å². The number of aryl methyl sites for hydroxylation is 1. The summed E-state index contributed by atoms with van der Waals surface area (Å²) in [7, 11) is 0. The maximum absolute atomic E-state index is 5.69. The molecule has 1 saturated heterocycles. The number of nitrogens with two attached hydrogens (primary N) is 1. The number of ether oxygens (including phenoxy) is 1. The molecule has 0 aromatic carbocycles. The average molecular weight is 280 g/mol. The number of morpholine rings is 1. The SMILES string of the molecule is CCC1COC(C)CN1c1nc(C)cc(C(N)=S)n1. The lowest BCUT2D eigenvalue weighted by Gasteiger charge is -2.38. The molecule has 1 aromatic heterocycles. The third-order valence-electron chi connectivity index (χ3n) is 3.29. The van der Waals surface area contributed by atoms with Crippen molar-refractivity contribution in [2.24, 2.45) is 5.73 Å². The summed E-state index contributed by atoms with van der Waals surface area (Å²) in [4.78, 5) is 11.5. The summed E-state index contributed by atoms with van der Waals surface area (Å²) in [5.74, 6) is 0.699. The smallest absolute Gasteiger partial charge is 0.226 e. The van der Waals surface area contributed by atoms with Crippen LogP contribution in [0.4, 0.5) is 5.95 Å². The van der Waals surface area contributed by atoms with Gasteiger partial charge in [-0.1, -0.05) is 19.1 Å². The number of nitrogens with zero attached hydrogens (tertiary/aromatic N) is 3. The zero-order chi connectivity index (χ0) is 14.0. The second-order valence-electron chi connectivity index (χ2n) is 4.92. The standard InChI is InChI=1S/C13H20N4OS/c1-4-10-7-18-9(3)6-17(10)13-15-8(2)5-11(16-13)12(14)19/h5,9-10H,4,6-7H2,1-3H3,(H2,14,19). The Balaban J connectivity index is 2.35. The van der Waals surface area contributed by atoms with Gasteiger partial charge in [-0.15, -0.1) is 0 Å². The molecule has 104 valence electrons. The number of hydrogen-bond donors (Lipinski definition) is 1. The molecule has 0 saturated carbocycles. The molecule has 1 aliphatic rings. The van der Waals surface area contributed by atoms with Crippen molar-refractivity contribution in [2.75, 3.05) is 18.1 Å². The van der Waals surface area contributed by atoms with Gasteiger partial charge in [0, 0.05) is 12.2 Å². The third kappa shape index (κ3) is 3.19. The molecule has 6 heteroatoms. The topological polar surface area (TPSA) is 64.3 Å². The van der Waals surface area contributed by atoms with Crippen LogP contribution in [-0.4, -0.2) is 40.3 Å². The molecule has 0 amide bonds. The highest BCUT2D eigenvalue weighted by atomic mass is 32.1. The van der Waals surface area contributed by atoms with Crippen LogP contribution in [0.2, 0.25) is 0 Å². The molecule has 1 aliphatic heterocycles. The van der Waals surface area contributed by atoms with Gasteiger partial charge in [-0.25, -0.2) is 9.97 Å². The first kappa shape index (κ1) is 14.1. The van der Waals surface area contributed by atoms with E-state index in [1.807, 2.05) is 13.0 Å².